The topological polar surface area (TPSA) is 70.4 Å². The molecule has 98 valence electrons. The van der Waals surface area contributed by atoms with Crippen LogP contribution in [-0.2, 0) is 25.6 Å². The molecule has 0 radical (unpaired) electrons. The molecule has 1 heterocycles. The Balaban J connectivity index is 2.75. The minimum absolute atomic E-state index is 0.0182. The number of ether oxygens (including phenoxy) is 1. The molecule has 0 aliphatic heterocycles. The Kier molecular flexibility index (Phi) is 4.67. The van der Waals surface area contributed by atoms with E-state index in [-0.39, 0.29) is 12.6 Å². The zero-order valence-electron chi connectivity index (χ0n) is 10.5. The van der Waals surface area contributed by atoms with Crippen LogP contribution < -0.4 is 0 Å². The second kappa shape index (κ2) is 5.61. The van der Waals surface area contributed by atoms with E-state index in [0.29, 0.717) is 6.61 Å². The van der Waals surface area contributed by atoms with Crippen LogP contribution >= 0.6 is 0 Å². The van der Waals surface area contributed by atoms with Gasteiger partial charge in [-0.25, -0.2) is 0 Å². The van der Waals surface area contributed by atoms with Gasteiger partial charge in [0.25, 0.3) is 10.1 Å². The average Bonchev–Trinajstić information content (AvgIpc) is 2.56. The summed E-state index contributed by atoms with van der Waals surface area (Å²) in [5.74, 6) is 0. The molecular weight excluding hydrogens is 244 g/mol. The molecule has 1 unspecified atom stereocenters. The molecule has 0 saturated heterocycles. The Morgan fingerprint density at radius 3 is 2.71 bits per heavy atom. The number of methoxy groups -OCH3 is 1. The van der Waals surface area contributed by atoms with Gasteiger partial charge in [-0.1, -0.05) is 0 Å². The van der Waals surface area contributed by atoms with Crippen molar-refractivity contribution >= 4 is 10.1 Å². The molecule has 0 aliphatic carbocycles. The summed E-state index contributed by atoms with van der Waals surface area (Å²) in [4.78, 5) is 0. The van der Waals surface area contributed by atoms with Crippen LogP contribution in [0.3, 0.4) is 0 Å². The number of aryl methyl sites for hydroxylation is 1. The zero-order chi connectivity index (χ0) is 13.1. The fourth-order valence-corrected chi connectivity index (χ4v) is 1.72. The lowest BCUT2D eigenvalue weighted by molar-refractivity contribution is 0.157. The summed E-state index contributed by atoms with van der Waals surface area (Å²) in [7, 11) is -1.80. The quantitative estimate of drug-likeness (QED) is 0.712. The zero-order valence-corrected chi connectivity index (χ0v) is 11.3. The summed E-state index contributed by atoms with van der Waals surface area (Å²) in [6.45, 7) is 4.35. The molecule has 0 saturated carbocycles. The first kappa shape index (κ1) is 14.1. The van der Waals surface area contributed by atoms with Crippen LogP contribution in [0.15, 0.2) is 6.20 Å². The minimum Gasteiger partial charge on any atom is -0.382 e. The van der Waals surface area contributed by atoms with Gasteiger partial charge < -0.3 is 4.74 Å². The molecule has 1 aromatic heterocycles. The summed E-state index contributed by atoms with van der Waals surface area (Å²) in [6, 6.07) is 0.102. The van der Waals surface area contributed by atoms with E-state index in [1.807, 2.05) is 13.8 Å². The van der Waals surface area contributed by atoms with Crippen molar-refractivity contribution in [1.29, 1.82) is 0 Å². The van der Waals surface area contributed by atoms with E-state index < -0.39 is 10.1 Å². The predicted octanol–water partition coefficient (Wildman–Crippen LogP) is 0.875. The molecule has 0 spiro atoms. The number of aromatic nitrogens is 2. The van der Waals surface area contributed by atoms with Crippen molar-refractivity contribution in [3.8, 4) is 0 Å². The third-order valence-electron chi connectivity index (χ3n) is 2.31. The van der Waals surface area contributed by atoms with Crippen molar-refractivity contribution in [1.82, 2.24) is 9.78 Å². The Bertz CT molecular complexity index is 467. The van der Waals surface area contributed by atoms with Gasteiger partial charge in [0, 0.05) is 18.9 Å². The SMILES string of the molecule is COCC(C)n1cc(COS(C)(=O)=O)c(C)n1. The minimum atomic E-state index is -3.42. The molecule has 1 rings (SSSR count). The van der Waals surface area contributed by atoms with Crippen LogP contribution in [0, 0.1) is 6.92 Å². The Morgan fingerprint density at radius 1 is 1.53 bits per heavy atom. The van der Waals surface area contributed by atoms with Gasteiger partial charge in [-0.2, -0.15) is 13.5 Å². The molecule has 0 aliphatic rings. The summed E-state index contributed by atoms with van der Waals surface area (Å²) >= 11 is 0. The van der Waals surface area contributed by atoms with Gasteiger partial charge in [-0.15, -0.1) is 0 Å². The lowest BCUT2D eigenvalue weighted by Crippen LogP contribution is -2.11. The summed E-state index contributed by atoms with van der Waals surface area (Å²) in [5, 5.41) is 4.29. The van der Waals surface area contributed by atoms with E-state index in [1.165, 1.54) is 0 Å². The predicted molar refractivity (Wildman–Crippen MR) is 63.2 cm³/mol. The van der Waals surface area contributed by atoms with Gasteiger partial charge in [-0.3, -0.25) is 8.86 Å². The highest BCUT2D eigenvalue weighted by Gasteiger charge is 2.12. The van der Waals surface area contributed by atoms with Crippen molar-refractivity contribution in [2.45, 2.75) is 26.5 Å². The largest absolute Gasteiger partial charge is 0.382 e. The van der Waals surface area contributed by atoms with Gasteiger partial charge in [0.15, 0.2) is 0 Å². The molecule has 7 heteroatoms. The van der Waals surface area contributed by atoms with E-state index >= 15 is 0 Å². The van der Waals surface area contributed by atoms with Gasteiger partial charge in [0.05, 0.1) is 31.2 Å². The van der Waals surface area contributed by atoms with E-state index in [9.17, 15) is 8.42 Å². The average molecular weight is 262 g/mol. The van der Waals surface area contributed by atoms with Gasteiger partial charge in [0.1, 0.15) is 0 Å². The number of nitrogens with zero attached hydrogens (tertiary/aromatic N) is 2. The van der Waals surface area contributed by atoms with E-state index in [2.05, 4.69) is 5.10 Å². The molecule has 0 amide bonds. The summed E-state index contributed by atoms with van der Waals surface area (Å²) in [5.41, 5.74) is 1.52. The first-order valence-electron chi connectivity index (χ1n) is 5.21. The molecule has 0 fully saturated rings. The van der Waals surface area contributed by atoms with Crippen LogP contribution in [0.5, 0.6) is 0 Å². The third kappa shape index (κ3) is 4.45. The Hall–Kier alpha value is -0.920. The maximum atomic E-state index is 10.9. The van der Waals surface area contributed by atoms with E-state index in [0.717, 1.165) is 17.5 Å². The van der Waals surface area contributed by atoms with Crippen LogP contribution in [0.25, 0.3) is 0 Å². The van der Waals surface area contributed by atoms with Crippen molar-refractivity contribution in [3.05, 3.63) is 17.5 Å². The lowest BCUT2D eigenvalue weighted by Gasteiger charge is -2.09. The molecule has 0 N–H and O–H groups in total. The molecule has 6 nitrogen and oxygen atoms in total. The molecule has 17 heavy (non-hydrogen) atoms. The first-order chi connectivity index (χ1) is 7.83. The van der Waals surface area contributed by atoms with Crippen molar-refractivity contribution in [2.24, 2.45) is 0 Å². The standard InChI is InChI=1S/C10H18N2O4S/c1-8(6-15-3)12-5-10(9(2)11-12)7-16-17(4,13)14/h5,8H,6-7H2,1-4H3. The highest BCUT2D eigenvalue weighted by molar-refractivity contribution is 7.85. The fourth-order valence-electron chi connectivity index (χ4n) is 1.37. The number of hydrogen-bond donors (Lipinski definition) is 0. The lowest BCUT2D eigenvalue weighted by atomic mass is 10.3. The molecule has 1 atom stereocenters. The Morgan fingerprint density at radius 2 is 2.18 bits per heavy atom. The maximum Gasteiger partial charge on any atom is 0.264 e. The van der Waals surface area contributed by atoms with Crippen LogP contribution in [0.2, 0.25) is 0 Å². The smallest absolute Gasteiger partial charge is 0.264 e. The number of rotatable bonds is 6. The number of hydrogen-bond acceptors (Lipinski definition) is 5. The maximum absolute atomic E-state index is 10.9. The van der Waals surface area contributed by atoms with Gasteiger partial charge >= 0.3 is 0 Å². The summed E-state index contributed by atoms with van der Waals surface area (Å²) in [6.07, 6.45) is 2.81. The summed E-state index contributed by atoms with van der Waals surface area (Å²) < 4.78 is 33.3. The molecule has 0 bridgehead atoms. The molecule has 1 aromatic rings. The second-order valence-corrected chi connectivity index (χ2v) is 5.63. The van der Waals surface area contributed by atoms with Crippen molar-refractivity contribution in [2.75, 3.05) is 20.0 Å². The van der Waals surface area contributed by atoms with Gasteiger partial charge in [0.2, 0.25) is 0 Å². The fraction of sp³-hybridized carbons (Fsp3) is 0.700. The second-order valence-electron chi connectivity index (χ2n) is 3.99. The van der Waals surface area contributed by atoms with Crippen LogP contribution in [0.1, 0.15) is 24.2 Å². The molecule has 0 aromatic carbocycles. The van der Waals surface area contributed by atoms with Crippen molar-refractivity contribution < 1.29 is 17.3 Å². The van der Waals surface area contributed by atoms with Crippen LogP contribution in [0.4, 0.5) is 0 Å². The van der Waals surface area contributed by atoms with Crippen molar-refractivity contribution in [3.63, 3.8) is 0 Å². The van der Waals surface area contributed by atoms with E-state index in [4.69, 9.17) is 8.92 Å². The molecular formula is C10H18N2O4S. The first-order valence-corrected chi connectivity index (χ1v) is 7.03. The monoisotopic (exact) mass is 262 g/mol. The highest BCUT2D eigenvalue weighted by atomic mass is 32.2. The van der Waals surface area contributed by atoms with Gasteiger partial charge in [-0.05, 0) is 13.8 Å². The third-order valence-corrected chi connectivity index (χ3v) is 2.85. The van der Waals surface area contributed by atoms with E-state index in [1.54, 1.807) is 18.0 Å². The Labute approximate surface area is 102 Å². The highest BCUT2D eigenvalue weighted by Crippen LogP contribution is 2.13. The van der Waals surface area contributed by atoms with Crippen LogP contribution in [-0.4, -0.2) is 38.2 Å². The normalized spacial score (nSPS) is 13.9.